The fourth-order valence-electron chi connectivity index (χ4n) is 1.93. The van der Waals surface area contributed by atoms with E-state index in [0.29, 0.717) is 5.88 Å². The van der Waals surface area contributed by atoms with Gasteiger partial charge in [0.1, 0.15) is 12.1 Å². The van der Waals surface area contributed by atoms with Crippen molar-refractivity contribution in [2.24, 2.45) is 0 Å². The molecule has 1 atom stereocenters. The number of aliphatic carboxylic acids is 1. The summed E-state index contributed by atoms with van der Waals surface area (Å²) in [6, 6.07) is 1.71. The molecule has 1 aromatic rings. The Hall–Kier alpha value is -1.50. The number of rotatable bonds is 4. The molecule has 0 radical (unpaired) electrons. The van der Waals surface area contributed by atoms with Gasteiger partial charge in [-0.15, -0.1) is 0 Å². The van der Waals surface area contributed by atoms with Crippen LogP contribution in [-0.4, -0.2) is 52.2 Å². The Kier molecular flexibility index (Phi) is 4.24. The highest BCUT2D eigenvalue weighted by atomic mass is 32.2. The molecule has 0 aromatic carbocycles. The molecule has 1 N–H and O–H groups in total. The molecular formula is C11H15N3O3S. The molecule has 0 bridgehead atoms. The smallest absolute Gasteiger partial charge is 0.305 e. The van der Waals surface area contributed by atoms with Crippen molar-refractivity contribution >= 4 is 23.5 Å². The summed E-state index contributed by atoms with van der Waals surface area (Å²) < 4.78 is 5.06. The lowest BCUT2D eigenvalue weighted by atomic mass is 10.2. The highest BCUT2D eigenvalue weighted by molar-refractivity contribution is 7.99. The van der Waals surface area contributed by atoms with Crippen molar-refractivity contribution in [3.63, 3.8) is 0 Å². The molecule has 6 nitrogen and oxygen atoms in total. The van der Waals surface area contributed by atoms with Crippen LogP contribution in [-0.2, 0) is 4.79 Å². The zero-order chi connectivity index (χ0) is 13.0. The molecule has 98 valence electrons. The summed E-state index contributed by atoms with van der Waals surface area (Å²) >= 11 is 1.77. The first-order valence-corrected chi connectivity index (χ1v) is 6.78. The number of hydrogen-bond donors (Lipinski definition) is 1. The molecule has 1 unspecified atom stereocenters. The van der Waals surface area contributed by atoms with Crippen LogP contribution < -0.4 is 9.64 Å². The maximum absolute atomic E-state index is 10.9. The molecule has 0 saturated carbocycles. The molecule has 1 aliphatic heterocycles. The number of ether oxygens (including phenoxy) is 1. The van der Waals surface area contributed by atoms with Crippen LogP contribution in [0.4, 0.5) is 5.82 Å². The molecule has 2 heterocycles. The molecule has 1 aromatic heterocycles. The molecule has 1 aliphatic rings. The molecule has 0 aliphatic carbocycles. The lowest BCUT2D eigenvalue weighted by Crippen LogP contribution is -2.44. The molecule has 7 heteroatoms. The van der Waals surface area contributed by atoms with E-state index in [1.165, 1.54) is 6.33 Å². The quantitative estimate of drug-likeness (QED) is 0.869. The standard InChI is InChI=1S/C11H15N3O3S/c1-17-10-5-9(12-7-13-10)14-2-3-18-6-8(14)4-11(15)16/h5,7-8H,2-4,6H2,1H3,(H,15,16). The van der Waals surface area contributed by atoms with Crippen LogP contribution in [0.5, 0.6) is 5.88 Å². The van der Waals surface area contributed by atoms with Crippen molar-refractivity contribution in [3.05, 3.63) is 12.4 Å². The number of thioether (sulfide) groups is 1. The number of anilines is 1. The Morgan fingerprint density at radius 1 is 1.67 bits per heavy atom. The van der Waals surface area contributed by atoms with Gasteiger partial charge in [0.25, 0.3) is 0 Å². The van der Waals surface area contributed by atoms with Gasteiger partial charge >= 0.3 is 5.97 Å². The first-order valence-electron chi connectivity index (χ1n) is 5.63. The van der Waals surface area contributed by atoms with Crippen molar-refractivity contribution in [2.75, 3.05) is 30.1 Å². The second kappa shape index (κ2) is 5.90. The summed E-state index contributed by atoms with van der Waals surface area (Å²) in [5.74, 6) is 2.22. The van der Waals surface area contributed by atoms with Crippen LogP contribution in [0.25, 0.3) is 0 Å². The van der Waals surface area contributed by atoms with Crippen LogP contribution in [0.2, 0.25) is 0 Å². The number of nitrogens with zero attached hydrogens (tertiary/aromatic N) is 3. The van der Waals surface area contributed by atoms with Gasteiger partial charge in [0.2, 0.25) is 5.88 Å². The SMILES string of the molecule is COc1cc(N2CCSCC2CC(=O)O)ncn1. The van der Waals surface area contributed by atoms with E-state index in [9.17, 15) is 4.79 Å². The Balaban J connectivity index is 2.19. The summed E-state index contributed by atoms with van der Waals surface area (Å²) in [5.41, 5.74) is 0. The normalized spacial score (nSPS) is 19.6. The fraction of sp³-hybridized carbons (Fsp3) is 0.545. The minimum atomic E-state index is -0.784. The van der Waals surface area contributed by atoms with Gasteiger partial charge in [-0.05, 0) is 0 Å². The minimum Gasteiger partial charge on any atom is -0.481 e. The van der Waals surface area contributed by atoms with E-state index in [1.807, 2.05) is 4.90 Å². The number of carboxylic acid groups (broad SMARTS) is 1. The zero-order valence-electron chi connectivity index (χ0n) is 10.1. The minimum absolute atomic E-state index is 0.0270. The number of hydrogen-bond acceptors (Lipinski definition) is 6. The predicted octanol–water partition coefficient (Wildman–Crippen LogP) is 0.882. The van der Waals surface area contributed by atoms with Gasteiger partial charge in [-0.25, -0.2) is 9.97 Å². The van der Waals surface area contributed by atoms with Gasteiger partial charge in [0.15, 0.2) is 0 Å². The molecule has 0 amide bonds. The molecule has 0 spiro atoms. The summed E-state index contributed by atoms with van der Waals surface area (Å²) in [6.45, 7) is 0.794. The van der Waals surface area contributed by atoms with Crippen molar-refractivity contribution in [2.45, 2.75) is 12.5 Å². The predicted molar refractivity (Wildman–Crippen MR) is 69.3 cm³/mol. The van der Waals surface area contributed by atoms with Crippen LogP contribution in [0.3, 0.4) is 0 Å². The average Bonchev–Trinajstić information content (AvgIpc) is 2.39. The molecule has 18 heavy (non-hydrogen) atoms. The summed E-state index contributed by atoms with van der Waals surface area (Å²) in [6.07, 6.45) is 1.56. The average molecular weight is 269 g/mol. The lowest BCUT2D eigenvalue weighted by Gasteiger charge is -2.35. The third-order valence-corrected chi connectivity index (χ3v) is 3.86. The van der Waals surface area contributed by atoms with E-state index in [0.717, 1.165) is 23.9 Å². The van der Waals surface area contributed by atoms with Gasteiger partial charge < -0.3 is 14.7 Å². The van der Waals surface area contributed by atoms with Gasteiger partial charge in [-0.1, -0.05) is 0 Å². The number of carboxylic acids is 1. The summed E-state index contributed by atoms with van der Waals surface area (Å²) in [7, 11) is 1.55. The largest absolute Gasteiger partial charge is 0.481 e. The molecule has 1 fully saturated rings. The monoisotopic (exact) mass is 269 g/mol. The first-order chi connectivity index (χ1) is 8.70. The van der Waals surface area contributed by atoms with Crippen LogP contribution >= 0.6 is 11.8 Å². The summed E-state index contributed by atoms with van der Waals surface area (Å²) in [4.78, 5) is 21.1. The van der Waals surface area contributed by atoms with Gasteiger partial charge in [0, 0.05) is 30.2 Å². The number of carbonyl (C=O) groups is 1. The lowest BCUT2D eigenvalue weighted by molar-refractivity contribution is -0.137. The maximum atomic E-state index is 10.9. The molecule has 1 saturated heterocycles. The van der Waals surface area contributed by atoms with E-state index in [2.05, 4.69) is 9.97 Å². The fourth-order valence-corrected chi connectivity index (χ4v) is 2.99. The maximum Gasteiger partial charge on any atom is 0.305 e. The van der Waals surface area contributed by atoms with E-state index < -0.39 is 5.97 Å². The second-order valence-corrected chi connectivity index (χ2v) is 5.09. The highest BCUT2D eigenvalue weighted by Gasteiger charge is 2.26. The molecular weight excluding hydrogens is 254 g/mol. The Labute approximate surface area is 109 Å². The number of aromatic nitrogens is 2. The first kappa shape index (κ1) is 12.9. The topological polar surface area (TPSA) is 75.5 Å². The number of methoxy groups -OCH3 is 1. The third-order valence-electron chi connectivity index (χ3n) is 2.77. The van der Waals surface area contributed by atoms with Crippen LogP contribution in [0.1, 0.15) is 6.42 Å². The van der Waals surface area contributed by atoms with Crippen molar-refractivity contribution < 1.29 is 14.6 Å². The van der Waals surface area contributed by atoms with E-state index in [4.69, 9.17) is 9.84 Å². The zero-order valence-corrected chi connectivity index (χ0v) is 10.9. The van der Waals surface area contributed by atoms with Gasteiger partial charge in [0.05, 0.1) is 13.5 Å². The summed E-state index contributed by atoms with van der Waals surface area (Å²) in [5, 5.41) is 8.94. The van der Waals surface area contributed by atoms with E-state index >= 15 is 0 Å². The van der Waals surface area contributed by atoms with E-state index in [1.54, 1.807) is 24.9 Å². The second-order valence-electron chi connectivity index (χ2n) is 3.94. The highest BCUT2D eigenvalue weighted by Crippen LogP contribution is 2.25. The van der Waals surface area contributed by atoms with Crippen molar-refractivity contribution in [1.82, 2.24) is 9.97 Å². The molecule has 2 rings (SSSR count). The van der Waals surface area contributed by atoms with Crippen LogP contribution in [0, 0.1) is 0 Å². The van der Waals surface area contributed by atoms with Gasteiger partial charge in [-0.3, -0.25) is 4.79 Å². The third kappa shape index (κ3) is 3.04. The Morgan fingerprint density at radius 2 is 2.50 bits per heavy atom. The van der Waals surface area contributed by atoms with Crippen molar-refractivity contribution in [3.8, 4) is 5.88 Å². The van der Waals surface area contributed by atoms with E-state index in [-0.39, 0.29) is 12.5 Å². The Morgan fingerprint density at radius 3 is 3.22 bits per heavy atom. The van der Waals surface area contributed by atoms with Crippen molar-refractivity contribution in [1.29, 1.82) is 0 Å². The Bertz CT molecular complexity index is 430. The van der Waals surface area contributed by atoms with Gasteiger partial charge in [-0.2, -0.15) is 11.8 Å². The van der Waals surface area contributed by atoms with Crippen LogP contribution in [0.15, 0.2) is 12.4 Å².